The van der Waals surface area contributed by atoms with Gasteiger partial charge in [-0.1, -0.05) is 0 Å². The van der Waals surface area contributed by atoms with Crippen molar-refractivity contribution in [3.8, 4) is 0 Å². The van der Waals surface area contributed by atoms with Gasteiger partial charge in [0.05, 0.1) is 12.5 Å². The third-order valence-corrected chi connectivity index (χ3v) is 3.64. The number of primary amides is 2. The van der Waals surface area contributed by atoms with E-state index < -0.39 is 54.1 Å². The number of rotatable bonds is 14. The largest absolute Gasteiger partial charge is 0.480 e. The van der Waals surface area contributed by atoms with Gasteiger partial charge in [-0.2, -0.15) is 0 Å². The lowest BCUT2D eigenvalue weighted by Gasteiger charge is -2.22. The molecule has 4 amide bonds. The van der Waals surface area contributed by atoms with E-state index >= 15 is 0 Å². The number of hydrogen-bond donors (Lipinski definition) is 8. The molecule has 0 spiro atoms. The van der Waals surface area contributed by atoms with Gasteiger partial charge in [-0.15, -0.1) is 0 Å². The summed E-state index contributed by atoms with van der Waals surface area (Å²) in [7, 11) is 0. The number of nitrogens with zero attached hydrogens (tertiary/aromatic N) is 1. The monoisotopic (exact) mass is 416 g/mol. The summed E-state index contributed by atoms with van der Waals surface area (Å²) in [4.78, 5) is 61.4. The first-order valence-electron chi connectivity index (χ1n) is 8.65. The van der Waals surface area contributed by atoms with Gasteiger partial charge in [0.15, 0.2) is 5.96 Å². The summed E-state index contributed by atoms with van der Waals surface area (Å²) < 4.78 is 0. The standard InChI is InChI=1S/C15H28N8O6/c16-7(2-1-5-21-15(19)20)12(26)22-8(3-4-10(17)24)13(27)23-9(14(28)29)6-11(18)25/h7-9H,1-6,16H2,(H2,17,24)(H2,18,25)(H,22,26)(H,23,27)(H,28,29)(H4,19,20,21). The molecule has 0 radical (unpaired) electrons. The molecule has 0 aliphatic carbocycles. The second-order valence-corrected chi connectivity index (χ2v) is 6.19. The number of carbonyl (C=O) groups is 5. The van der Waals surface area contributed by atoms with Gasteiger partial charge in [0, 0.05) is 13.0 Å². The molecule has 0 aliphatic rings. The molecule has 0 aliphatic heterocycles. The molecule has 0 aromatic carbocycles. The molecule has 3 atom stereocenters. The lowest BCUT2D eigenvalue weighted by molar-refractivity contribution is -0.143. The fourth-order valence-corrected chi connectivity index (χ4v) is 2.16. The van der Waals surface area contributed by atoms with Crippen LogP contribution >= 0.6 is 0 Å². The summed E-state index contributed by atoms with van der Waals surface area (Å²) in [6.07, 6.45) is -0.513. The zero-order valence-electron chi connectivity index (χ0n) is 15.8. The van der Waals surface area contributed by atoms with Crippen LogP contribution in [0.3, 0.4) is 0 Å². The number of guanidine groups is 1. The highest BCUT2D eigenvalue weighted by Crippen LogP contribution is 2.03. The second-order valence-electron chi connectivity index (χ2n) is 6.19. The van der Waals surface area contributed by atoms with Crippen molar-refractivity contribution in [3.63, 3.8) is 0 Å². The maximum atomic E-state index is 12.4. The van der Waals surface area contributed by atoms with Crippen LogP contribution in [0.2, 0.25) is 0 Å². The van der Waals surface area contributed by atoms with Gasteiger partial charge in [0.2, 0.25) is 23.6 Å². The summed E-state index contributed by atoms with van der Waals surface area (Å²) in [5.41, 5.74) is 26.1. The molecule has 0 heterocycles. The van der Waals surface area contributed by atoms with E-state index in [0.29, 0.717) is 6.42 Å². The molecule has 0 fully saturated rings. The molecule has 14 nitrogen and oxygen atoms in total. The van der Waals surface area contributed by atoms with Crippen LogP contribution in [0.15, 0.2) is 4.99 Å². The highest BCUT2D eigenvalue weighted by atomic mass is 16.4. The van der Waals surface area contributed by atoms with E-state index in [1.807, 2.05) is 0 Å². The SMILES string of the molecule is NC(=O)CCC(NC(=O)C(N)CCCN=C(N)N)C(=O)NC(CC(N)=O)C(=O)O. The number of hydrogen-bond acceptors (Lipinski definition) is 7. The lowest BCUT2D eigenvalue weighted by atomic mass is 10.1. The third kappa shape index (κ3) is 11.8. The van der Waals surface area contributed by atoms with Gasteiger partial charge in [-0.3, -0.25) is 24.2 Å². The van der Waals surface area contributed by atoms with Crippen LogP contribution in [-0.4, -0.2) is 65.3 Å². The average molecular weight is 416 g/mol. The van der Waals surface area contributed by atoms with Crippen molar-refractivity contribution in [3.05, 3.63) is 0 Å². The molecule has 0 aromatic rings. The van der Waals surface area contributed by atoms with Crippen LogP contribution in [-0.2, 0) is 24.0 Å². The lowest BCUT2D eigenvalue weighted by Crippen LogP contribution is -2.55. The molecule has 13 N–H and O–H groups in total. The Morgan fingerprint density at radius 3 is 1.93 bits per heavy atom. The van der Waals surface area contributed by atoms with E-state index in [1.165, 1.54) is 0 Å². The highest BCUT2D eigenvalue weighted by molar-refractivity contribution is 5.93. The summed E-state index contributed by atoms with van der Waals surface area (Å²) >= 11 is 0. The van der Waals surface area contributed by atoms with Crippen LogP contribution in [0.4, 0.5) is 0 Å². The molecule has 0 saturated heterocycles. The maximum absolute atomic E-state index is 12.4. The molecule has 0 bridgehead atoms. The Labute approximate surface area is 166 Å². The topological polar surface area (TPSA) is 272 Å². The van der Waals surface area contributed by atoms with Gasteiger partial charge in [0.1, 0.15) is 12.1 Å². The van der Waals surface area contributed by atoms with E-state index in [9.17, 15) is 24.0 Å². The predicted octanol–water partition coefficient (Wildman–Crippen LogP) is -4.44. The molecule has 0 rings (SSSR count). The average Bonchev–Trinajstić information content (AvgIpc) is 2.60. The van der Waals surface area contributed by atoms with Crippen LogP contribution < -0.4 is 39.3 Å². The van der Waals surface area contributed by atoms with Crippen molar-refractivity contribution >= 4 is 35.6 Å². The molecular weight excluding hydrogens is 388 g/mol. The summed E-state index contributed by atoms with van der Waals surface area (Å²) in [5, 5.41) is 13.5. The molecule has 0 saturated carbocycles. The van der Waals surface area contributed by atoms with E-state index in [2.05, 4.69) is 15.6 Å². The van der Waals surface area contributed by atoms with Crippen molar-refractivity contribution in [1.82, 2.24) is 10.6 Å². The minimum Gasteiger partial charge on any atom is -0.480 e. The van der Waals surface area contributed by atoms with Gasteiger partial charge in [0.25, 0.3) is 0 Å². The zero-order valence-corrected chi connectivity index (χ0v) is 15.8. The summed E-state index contributed by atoms with van der Waals surface area (Å²) in [5.74, 6) is -4.91. The Hall–Kier alpha value is -3.42. The van der Waals surface area contributed by atoms with Crippen molar-refractivity contribution in [1.29, 1.82) is 0 Å². The van der Waals surface area contributed by atoms with Crippen molar-refractivity contribution in [2.75, 3.05) is 6.54 Å². The van der Waals surface area contributed by atoms with E-state index in [4.69, 9.17) is 33.8 Å². The number of carboxylic acids is 1. The first-order chi connectivity index (χ1) is 13.4. The molecule has 164 valence electrons. The van der Waals surface area contributed by atoms with E-state index in [-0.39, 0.29) is 31.8 Å². The summed E-state index contributed by atoms with van der Waals surface area (Å²) in [6.45, 7) is 0.252. The first kappa shape index (κ1) is 25.6. The molecule has 14 heteroatoms. The minimum atomic E-state index is -1.60. The van der Waals surface area contributed by atoms with Gasteiger partial charge in [-0.05, 0) is 19.3 Å². The van der Waals surface area contributed by atoms with Crippen LogP contribution in [0, 0.1) is 0 Å². The van der Waals surface area contributed by atoms with Crippen LogP contribution in [0.5, 0.6) is 0 Å². The molecule has 29 heavy (non-hydrogen) atoms. The van der Waals surface area contributed by atoms with Gasteiger partial charge >= 0.3 is 5.97 Å². The number of aliphatic carboxylic acids is 1. The van der Waals surface area contributed by atoms with E-state index in [1.54, 1.807) is 0 Å². The minimum absolute atomic E-state index is 0.102. The number of nitrogens with one attached hydrogen (secondary N) is 2. The highest BCUT2D eigenvalue weighted by Gasteiger charge is 2.29. The predicted molar refractivity (Wildman–Crippen MR) is 102 cm³/mol. The number of carboxylic acid groups (broad SMARTS) is 1. The first-order valence-corrected chi connectivity index (χ1v) is 8.65. The number of amides is 4. The van der Waals surface area contributed by atoms with Gasteiger partial charge < -0.3 is 44.4 Å². The fraction of sp³-hybridized carbons (Fsp3) is 0.600. The van der Waals surface area contributed by atoms with Crippen molar-refractivity contribution in [2.45, 2.75) is 50.2 Å². The maximum Gasteiger partial charge on any atom is 0.326 e. The third-order valence-electron chi connectivity index (χ3n) is 3.64. The van der Waals surface area contributed by atoms with E-state index in [0.717, 1.165) is 0 Å². The smallest absolute Gasteiger partial charge is 0.326 e. The Kier molecular flexibility index (Phi) is 11.4. The Bertz CT molecular complexity index is 649. The molecule has 0 aromatic heterocycles. The van der Waals surface area contributed by atoms with Crippen molar-refractivity contribution < 1.29 is 29.1 Å². The second kappa shape index (κ2) is 12.9. The van der Waals surface area contributed by atoms with Crippen LogP contribution in [0.25, 0.3) is 0 Å². The fourth-order valence-electron chi connectivity index (χ4n) is 2.16. The van der Waals surface area contributed by atoms with Crippen LogP contribution in [0.1, 0.15) is 32.1 Å². The normalized spacial score (nSPS) is 13.4. The summed E-state index contributed by atoms with van der Waals surface area (Å²) in [6, 6.07) is -3.90. The molecular formula is C15H28N8O6. The zero-order chi connectivity index (χ0) is 22.6. The Morgan fingerprint density at radius 2 is 1.45 bits per heavy atom. The molecule has 3 unspecified atom stereocenters. The Morgan fingerprint density at radius 1 is 0.862 bits per heavy atom. The Balaban J connectivity index is 5.01. The number of carbonyl (C=O) groups excluding carboxylic acids is 4. The number of nitrogens with two attached hydrogens (primary N) is 5. The number of aliphatic imine (C=N–C) groups is 1. The quantitative estimate of drug-likeness (QED) is 0.0769. The van der Waals surface area contributed by atoms with Gasteiger partial charge in [-0.25, -0.2) is 4.79 Å². The van der Waals surface area contributed by atoms with Crippen molar-refractivity contribution in [2.24, 2.45) is 33.7 Å².